The normalized spacial score (nSPS) is 11.6. The first-order chi connectivity index (χ1) is 8.83. The third-order valence-corrected chi connectivity index (χ3v) is 3.32. The van der Waals surface area contributed by atoms with E-state index in [1.54, 1.807) is 0 Å². The van der Waals surface area contributed by atoms with Crippen LogP contribution in [0.25, 0.3) is 0 Å². The van der Waals surface area contributed by atoms with E-state index in [0.717, 1.165) is 18.5 Å². The number of hydrogen-bond donors (Lipinski definition) is 1. The van der Waals surface area contributed by atoms with E-state index in [0.29, 0.717) is 6.54 Å². The van der Waals surface area contributed by atoms with Crippen molar-refractivity contribution >= 4 is 6.09 Å². The van der Waals surface area contributed by atoms with Gasteiger partial charge in [-0.2, -0.15) is 0 Å². The van der Waals surface area contributed by atoms with Crippen LogP contribution in [0.15, 0.2) is 30.3 Å². The van der Waals surface area contributed by atoms with Crippen LogP contribution in [0.4, 0.5) is 4.79 Å². The zero-order valence-corrected chi connectivity index (χ0v) is 12.3. The minimum atomic E-state index is -0.868. The zero-order valence-electron chi connectivity index (χ0n) is 12.3. The highest BCUT2D eigenvalue weighted by Crippen LogP contribution is 2.22. The lowest BCUT2D eigenvalue weighted by Gasteiger charge is -2.37. The Balaban J connectivity index is 2.79. The molecule has 0 bridgehead atoms. The number of carbonyl (C=O) groups is 1. The van der Waals surface area contributed by atoms with Crippen molar-refractivity contribution in [1.82, 2.24) is 9.80 Å². The Morgan fingerprint density at radius 2 is 1.79 bits per heavy atom. The summed E-state index contributed by atoms with van der Waals surface area (Å²) in [5, 5.41) is 9.45. The molecule has 1 rings (SSSR count). The van der Waals surface area contributed by atoms with Gasteiger partial charge in [0.05, 0.1) is 0 Å². The molecule has 1 aromatic rings. The molecular weight excluding hydrogens is 240 g/mol. The van der Waals surface area contributed by atoms with Crippen molar-refractivity contribution in [3.8, 4) is 0 Å². The van der Waals surface area contributed by atoms with Gasteiger partial charge in [-0.15, -0.1) is 0 Å². The van der Waals surface area contributed by atoms with Crippen molar-refractivity contribution in [2.45, 2.75) is 32.4 Å². The number of carboxylic acid groups (broad SMARTS) is 1. The van der Waals surface area contributed by atoms with Gasteiger partial charge in [0, 0.05) is 12.1 Å². The molecule has 0 aliphatic rings. The molecule has 0 spiro atoms. The summed E-state index contributed by atoms with van der Waals surface area (Å²) in [6.07, 6.45) is -0.0633. The zero-order chi connectivity index (χ0) is 14.5. The summed E-state index contributed by atoms with van der Waals surface area (Å²) in [7, 11) is 4.00. The first kappa shape index (κ1) is 15.5. The van der Waals surface area contributed by atoms with E-state index < -0.39 is 6.09 Å². The topological polar surface area (TPSA) is 43.8 Å². The molecule has 0 radical (unpaired) electrons. The van der Waals surface area contributed by atoms with E-state index in [4.69, 9.17) is 0 Å². The van der Waals surface area contributed by atoms with Crippen LogP contribution >= 0.6 is 0 Å². The van der Waals surface area contributed by atoms with E-state index in [1.807, 2.05) is 58.3 Å². The van der Waals surface area contributed by atoms with Crippen LogP contribution in [0, 0.1) is 0 Å². The summed E-state index contributed by atoms with van der Waals surface area (Å²) in [5.74, 6) is 0. The van der Waals surface area contributed by atoms with Crippen LogP contribution in [-0.4, -0.2) is 47.2 Å². The molecule has 1 amide bonds. The maximum Gasteiger partial charge on any atom is 0.408 e. The van der Waals surface area contributed by atoms with Crippen LogP contribution in [0.1, 0.15) is 25.8 Å². The number of benzene rings is 1. The van der Waals surface area contributed by atoms with Crippen LogP contribution in [-0.2, 0) is 6.54 Å². The highest BCUT2D eigenvalue weighted by molar-refractivity contribution is 5.66. The molecule has 0 aromatic heterocycles. The maximum atomic E-state index is 11.5. The fourth-order valence-corrected chi connectivity index (χ4v) is 1.94. The second-order valence-corrected chi connectivity index (χ2v) is 5.72. The number of hydrogen-bond acceptors (Lipinski definition) is 2. The molecule has 4 heteroatoms. The predicted octanol–water partition coefficient (Wildman–Crippen LogP) is 2.90. The van der Waals surface area contributed by atoms with E-state index in [1.165, 1.54) is 4.90 Å². The van der Waals surface area contributed by atoms with Gasteiger partial charge in [-0.1, -0.05) is 30.3 Å². The van der Waals surface area contributed by atoms with Gasteiger partial charge in [-0.3, -0.25) is 4.90 Å². The van der Waals surface area contributed by atoms with Gasteiger partial charge in [-0.25, -0.2) is 4.79 Å². The monoisotopic (exact) mass is 264 g/mol. The van der Waals surface area contributed by atoms with Crippen molar-refractivity contribution in [1.29, 1.82) is 0 Å². The SMILES string of the molecule is CN(C)CCC(C)(C)N(Cc1ccccc1)C(=O)O. The van der Waals surface area contributed by atoms with E-state index in [-0.39, 0.29) is 5.54 Å². The molecule has 0 fully saturated rings. The van der Waals surface area contributed by atoms with Gasteiger partial charge < -0.3 is 10.0 Å². The molecule has 0 unspecified atom stereocenters. The lowest BCUT2D eigenvalue weighted by molar-refractivity contribution is 0.0784. The van der Waals surface area contributed by atoms with Crippen LogP contribution < -0.4 is 0 Å². The first-order valence-corrected chi connectivity index (χ1v) is 6.52. The van der Waals surface area contributed by atoms with Crippen molar-refractivity contribution in [2.75, 3.05) is 20.6 Å². The largest absolute Gasteiger partial charge is 0.465 e. The number of amides is 1. The molecule has 4 nitrogen and oxygen atoms in total. The fourth-order valence-electron chi connectivity index (χ4n) is 1.94. The third-order valence-electron chi connectivity index (χ3n) is 3.32. The van der Waals surface area contributed by atoms with Crippen molar-refractivity contribution < 1.29 is 9.90 Å². The van der Waals surface area contributed by atoms with E-state index >= 15 is 0 Å². The number of rotatable bonds is 6. The quantitative estimate of drug-likeness (QED) is 0.859. The standard InChI is InChI=1S/C15H24N2O2/c1-15(2,10-11-16(3)4)17(14(18)19)12-13-8-6-5-7-9-13/h5-9H,10-12H2,1-4H3,(H,18,19). The van der Waals surface area contributed by atoms with Crippen molar-refractivity contribution in [2.24, 2.45) is 0 Å². The lowest BCUT2D eigenvalue weighted by Crippen LogP contribution is -2.48. The Labute approximate surface area is 115 Å². The van der Waals surface area contributed by atoms with Gasteiger partial charge in [0.2, 0.25) is 0 Å². The molecule has 0 atom stereocenters. The minimum Gasteiger partial charge on any atom is -0.465 e. The molecule has 106 valence electrons. The molecule has 1 aromatic carbocycles. The molecule has 0 aliphatic carbocycles. The van der Waals surface area contributed by atoms with Crippen molar-refractivity contribution in [3.63, 3.8) is 0 Å². The van der Waals surface area contributed by atoms with Gasteiger partial charge >= 0.3 is 6.09 Å². The Kier molecular flexibility index (Phi) is 5.36. The molecule has 0 heterocycles. The Morgan fingerprint density at radius 1 is 1.21 bits per heavy atom. The predicted molar refractivity (Wildman–Crippen MR) is 77.3 cm³/mol. The van der Waals surface area contributed by atoms with Crippen LogP contribution in [0.5, 0.6) is 0 Å². The summed E-state index contributed by atoms with van der Waals surface area (Å²) in [4.78, 5) is 15.1. The number of nitrogens with zero attached hydrogens (tertiary/aromatic N) is 2. The second kappa shape index (κ2) is 6.57. The summed E-state index contributed by atoms with van der Waals surface area (Å²) >= 11 is 0. The average Bonchev–Trinajstić information content (AvgIpc) is 2.34. The molecule has 0 saturated heterocycles. The molecule has 19 heavy (non-hydrogen) atoms. The summed E-state index contributed by atoms with van der Waals surface area (Å²) in [5.41, 5.74) is 0.634. The van der Waals surface area contributed by atoms with Gasteiger partial charge in [-0.05, 0) is 46.5 Å². The third kappa shape index (κ3) is 4.91. The van der Waals surface area contributed by atoms with Gasteiger partial charge in [0.1, 0.15) is 0 Å². The van der Waals surface area contributed by atoms with E-state index in [9.17, 15) is 9.90 Å². The Morgan fingerprint density at radius 3 is 2.26 bits per heavy atom. The average molecular weight is 264 g/mol. The van der Waals surface area contributed by atoms with E-state index in [2.05, 4.69) is 4.90 Å². The summed E-state index contributed by atoms with van der Waals surface area (Å²) in [6, 6.07) is 9.71. The molecule has 0 aliphatic heterocycles. The molecular formula is C15H24N2O2. The first-order valence-electron chi connectivity index (χ1n) is 6.52. The van der Waals surface area contributed by atoms with Gasteiger partial charge in [0.25, 0.3) is 0 Å². The fraction of sp³-hybridized carbons (Fsp3) is 0.533. The highest BCUT2D eigenvalue weighted by Gasteiger charge is 2.30. The van der Waals surface area contributed by atoms with Crippen LogP contribution in [0.3, 0.4) is 0 Å². The Bertz CT molecular complexity index is 402. The smallest absolute Gasteiger partial charge is 0.408 e. The van der Waals surface area contributed by atoms with Crippen LogP contribution in [0.2, 0.25) is 0 Å². The minimum absolute atomic E-state index is 0.383. The van der Waals surface area contributed by atoms with Gasteiger partial charge in [0.15, 0.2) is 0 Å². The molecule has 0 saturated carbocycles. The maximum absolute atomic E-state index is 11.5. The second-order valence-electron chi connectivity index (χ2n) is 5.72. The summed E-state index contributed by atoms with van der Waals surface area (Å²) in [6.45, 7) is 5.25. The Hall–Kier alpha value is -1.55. The van der Waals surface area contributed by atoms with Crippen molar-refractivity contribution in [3.05, 3.63) is 35.9 Å². The lowest BCUT2D eigenvalue weighted by atomic mass is 9.97. The molecule has 1 N–H and O–H groups in total. The summed E-state index contributed by atoms with van der Waals surface area (Å²) < 4.78 is 0. The highest BCUT2D eigenvalue weighted by atomic mass is 16.4.